The van der Waals surface area contributed by atoms with Gasteiger partial charge in [-0.25, -0.2) is 0 Å². The zero-order valence-electron chi connectivity index (χ0n) is 19.0. The highest BCUT2D eigenvalue weighted by atomic mass is 32.2. The summed E-state index contributed by atoms with van der Waals surface area (Å²) in [7, 11) is 1.55. The molecule has 11 heteroatoms. The third-order valence-electron chi connectivity index (χ3n) is 4.46. The molecule has 1 fully saturated rings. The molecule has 0 amide bonds. The molecule has 0 radical (unpaired) electrons. The third kappa shape index (κ3) is 8.17. The Labute approximate surface area is 195 Å². The molecule has 33 heavy (non-hydrogen) atoms. The zero-order valence-corrected chi connectivity index (χ0v) is 19.8. The van der Waals surface area contributed by atoms with Crippen LogP contribution in [0.4, 0.5) is 0 Å². The highest BCUT2D eigenvalue weighted by Gasteiger charge is 2.51. The van der Waals surface area contributed by atoms with E-state index in [0.717, 1.165) is 11.8 Å². The van der Waals surface area contributed by atoms with Gasteiger partial charge in [0.05, 0.1) is 7.11 Å². The Hall–Kier alpha value is -2.92. The van der Waals surface area contributed by atoms with E-state index in [4.69, 9.17) is 23.7 Å². The predicted molar refractivity (Wildman–Crippen MR) is 119 cm³/mol. The summed E-state index contributed by atoms with van der Waals surface area (Å²) in [4.78, 5) is 51.4. The summed E-state index contributed by atoms with van der Waals surface area (Å²) in [5.41, 5.74) is 0.692. The Morgan fingerprint density at radius 2 is 1.52 bits per heavy atom. The first-order valence-electron chi connectivity index (χ1n) is 10.1. The van der Waals surface area contributed by atoms with Gasteiger partial charge >= 0.3 is 17.9 Å². The van der Waals surface area contributed by atoms with Crippen LogP contribution in [0.2, 0.25) is 0 Å². The maximum Gasteiger partial charge on any atom is 0.305 e. The largest absolute Gasteiger partial charge is 0.497 e. The van der Waals surface area contributed by atoms with Gasteiger partial charge in [0.15, 0.2) is 23.4 Å². The summed E-state index contributed by atoms with van der Waals surface area (Å²) >= 11 is 0.939. The maximum absolute atomic E-state index is 11.9. The average molecular weight is 482 g/mol. The second-order valence-electron chi connectivity index (χ2n) is 7.14. The molecule has 1 aromatic rings. The lowest BCUT2D eigenvalue weighted by Gasteiger charge is -2.43. The van der Waals surface area contributed by atoms with E-state index in [9.17, 15) is 19.2 Å². The van der Waals surface area contributed by atoms with Crippen molar-refractivity contribution in [3.8, 4) is 5.75 Å². The molecular weight excluding hydrogens is 454 g/mol. The smallest absolute Gasteiger partial charge is 0.305 e. The van der Waals surface area contributed by atoms with Crippen LogP contribution < -0.4 is 4.74 Å². The number of ether oxygens (including phenoxy) is 5. The molecule has 0 N–H and O–H groups in total. The molecule has 1 aliphatic heterocycles. The van der Waals surface area contributed by atoms with Crippen molar-refractivity contribution in [3.63, 3.8) is 0 Å². The molecule has 2 rings (SSSR count). The number of hydrogen-bond acceptors (Lipinski definition) is 11. The fourth-order valence-electron chi connectivity index (χ4n) is 3.17. The number of carbonyl (C=O) groups is 4. The topological polar surface area (TPSA) is 127 Å². The number of nitrogens with zero attached hydrogens (tertiary/aromatic N) is 1. The number of rotatable bonds is 8. The fraction of sp³-hybridized carbons (Fsp3) is 0.500. The second kappa shape index (κ2) is 12.4. The number of thioether (sulfide) groups is 1. The number of carbonyl (C=O) groups excluding carboxylic acids is 4. The Kier molecular flexibility index (Phi) is 9.86. The highest BCUT2D eigenvalue weighted by Crippen LogP contribution is 2.31. The monoisotopic (exact) mass is 481 g/mol. The van der Waals surface area contributed by atoms with E-state index in [2.05, 4.69) is 4.99 Å². The van der Waals surface area contributed by atoms with E-state index >= 15 is 0 Å². The first-order chi connectivity index (χ1) is 15.6. The van der Waals surface area contributed by atoms with Crippen LogP contribution in [0.25, 0.3) is 0 Å². The van der Waals surface area contributed by atoms with Crippen molar-refractivity contribution < 1.29 is 42.9 Å². The Morgan fingerprint density at radius 3 is 2.03 bits per heavy atom. The van der Waals surface area contributed by atoms with Crippen LogP contribution in [0.5, 0.6) is 5.75 Å². The van der Waals surface area contributed by atoms with E-state index in [-0.39, 0.29) is 10.9 Å². The first-order valence-corrected chi connectivity index (χ1v) is 11.1. The molecule has 1 aliphatic rings. The number of aliphatic imine (C=N–C) groups is 1. The molecule has 5 atom stereocenters. The summed E-state index contributed by atoms with van der Waals surface area (Å²) in [6.07, 6.45) is -2.86. The van der Waals surface area contributed by atoms with Crippen molar-refractivity contribution in [2.45, 2.75) is 58.3 Å². The normalized spacial score (nSPS) is 24.7. The highest BCUT2D eigenvalue weighted by molar-refractivity contribution is 8.13. The summed E-state index contributed by atoms with van der Waals surface area (Å²) in [6, 6.07) is 5.95. The van der Waals surface area contributed by atoms with Gasteiger partial charge in [-0.1, -0.05) is 11.8 Å². The molecule has 180 valence electrons. The predicted octanol–water partition coefficient (Wildman–Crippen LogP) is 1.91. The van der Waals surface area contributed by atoms with Crippen molar-refractivity contribution in [3.05, 3.63) is 29.8 Å². The van der Waals surface area contributed by atoms with Crippen molar-refractivity contribution in [2.24, 2.45) is 4.99 Å². The molecule has 0 bridgehead atoms. The van der Waals surface area contributed by atoms with E-state index in [0.29, 0.717) is 11.3 Å². The second-order valence-corrected chi connectivity index (χ2v) is 8.34. The van der Waals surface area contributed by atoms with Gasteiger partial charge in [-0.2, -0.15) is 0 Å². The van der Waals surface area contributed by atoms with E-state index in [1.165, 1.54) is 33.9 Å². The summed E-state index contributed by atoms with van der Waals surface area (Å²) in [6.45, 7) is 4.98. The number of esters is 3. The SMILES string of the molecule is COc1ccc(C=NC2C(OC(C)=O)OC(CSC(C)=O)C(OC(C)=O)C2OC(C)=O)cc1. The van der Waals surface area contributed by atoms with Gasteiger partial charge in [0.25, 0.3) is 0 Å². The minimum absolute atomic E-state index is 0.0811. The molecular formula is C22H27NO9S. The number of benzene rings is 1. The minimum atomic E-state index is -1.24. The van der Waals surface area contributed by atoms with Crippen LogP contribution in [-0.2, 0) is 38.1 Å². The Bertz CT molecular complexity index is 886. The standard InChI is InChI=1S/C22H27NO9S/c1-12(24)29-20-18(11-33-15(4)27)32-22(31-14(3)26)19(21(20)30-13(2)25)23-10-16-6-8-17(28-5)9-7-16/h6-10,18-22H,11H2,1-5H3. The average Bonchev–Trinajstić information content (AvgIpc) is 2.73. The van der Waals surface area contributed by atoms with Crippen LogP contribution in [0.15, 0.2) is 29.3 Å². The first kappa shape index (κ1) is 26.3. The van der Waals surface area contributed by atoms with Crippen LogP contribution in [0.3, 0.4) is 0 Å². The minimum Gasteiger partial charge on any atom is -0.497 e. The lowest BCUT2D eigenvalue weighted by atomic mass is 9.97. The van der Waals surface area contributed by atoms with Gasteiger partial charge in [-0.15, -0.1) is 0 Å². The summed E-state index contributed by atoms with van der Waals surface area (Å²) in [5, 5.41) is -0.187. The molecule has 1 heterocycles. The lowest BCUT2D eigenvalue weighted by molar-refractivity contribution is -0.256. The Morgan fingerprint density at radius 1 is 0.939 bits per heavy atom. The van der Waals surface area contributed by atoms with Crippen LogP contribution in [0.1, 0.15) is 33.3 Å². The molecule has 10 nitrogen and oxygen atoms in total. The number of hydrogen-bond donors (Lipinski definition) is 0. The van der Waals surface area contributed by atoms with Crippen molar-refractivity contribution >= 4 is 41.0 Å². The molecule has 1 saturated heterocycles. The summed E-state index contributed by atoms with van der Waals surface area (Å²) in [5.74, 6) is -1.19. The molecule has 1 aromatic carbocycles. The molecule has 0 spiro atoms. The lowest BCUT2D eigenvalue weighted by Crippen LogP contribution is -2.61. The summed E-state index contributed by atoms with van der Waals surface area (Å²) < 4.78 is 27.2. The van der Waals surface area contributed by atoms with Gasteiger partial charge < -0.3 is 23.7 Å². The van der Waals surface area contributed by atoms with Gasteiger partial charge in [0.1, 0.15) is 11.9 Å². The van der Waals surface area contributed by atoms with Gasteiger partial charge in [0, 0.05) is 39.7 Å². The van der Waals surface area contributed by atoms with Crippen molar-refractivity contribution in [2.75, 3.05) is 12.9 Å². The van der Waals surface area contributed by atoms with E-state index < -0.39 is 48.6 Å². The molecule has 0 aliphatic carbocycles. The van der Waals surface area contributed by atoms with Crippen molar-refractivity contribution in [1.29, 1.82) is 0 Å². The number of methoxy groups -OCH3 is 1. The zero-order chi connectivity index (χ0) is 24.5. The molecule has 0 saturated carbocycles. The third-order valence-corrected chi connectivity index (χ3v) is 5.36. The van der Waals surface area contributed by atoms with Crippen LogP contribution >= 0.6 is 11.8 Å². The van der Waals surface area contributed by atoms with Crippen LogP contribution in [0, 0.1) is 0 Å². The van der Waals surface area contributed by atoms with E-state index in [1.807, 2.05) is 0 Å². The van der Waals surface area contributed by atoms with E-state index in [1.54, 1.807) is 31.4 Å². The van der Waals surface area contributed by atoms with Gasteiger partial charge in [-0.05, 0) is 29.8 Å². The maximum atomic E-state index is 11.9. The van der Waals surface area contributed by atoms with Crippen LogP contribution in [-0.4, -0.2) is 72.7 Å². The Balaban J connectivity index is 2.45. The van der Waals surface area contributed by atoms with Gasteiger partial charge in [0.2, 0.25) is 6.29 Å². The molecule has 5 unspecified atom stereocenters. The molecule has 0 aromatic heterocycles. The van der Waals surface area contributed by atoms with Gasteiger partial charge in [-0.3, -0.25) is 24.2 Å². The fourth-order valence-corrected chi connectivity index (χ4v) is 3.83. The quantitative estimate of drug-likeness (QED) is 0.309. The van der Waals surface area contributed by atoms with Crippen molar-refractivity contribution in [1.82, 2.24) is 0 Å².